The van der Waals surface area contributed by atoms with Gasteiger partial charge in [-0.15, -0.1) is 0 Å². The number of methoxy groups -OCH3 is 1. The summed E-state index contributed by atoms with van der Waals surface area (Å²) in [7, 11) is 1.99. The Morgan fingerprint density at radius 1 is 1.13 bits per heavy atom. The highest BCUT2D eigenvalue weighted by atomic mass is 35.5. The highest BCUT2D eigenvalue weighted by Gasteiger charge is 2.39. The first kappa shape index (κ1) is 29.7. The van der Waals surface area contributed by atoms with Crippen molar-refractivity contribution in [1.29, 1.82) is 0 Å². The van der Waals surface area contributed by atoms with Crippen LogP contribution in [0.15, 0.2) is 46.0 Å². The molecule has 0 bridgehead atoms. The molecule has 1 N–H and O–H groups in total. The van der Waals surface area contributed by atoms with Crippen LogP contribution in [0.5, 0.6) is 17.2 Å². The van der Waals surface area contributed by atoms with E-state index in [4.69, 9.17) is 30.5 Å². The van der Waals surface area contributed by atoms with E-state index in [0.717, 1.165) is 19.5 Å². The zero-order valence-electron chi connectivity index (χ0n) is 20.9. The molecule has 1 atom stereocenters. The van der Waals surface area contributed by atoms with Crippen LogP contribution in [0.25, 0.3) is 11.1 Å². The van der Waals surface area contributed by atoms with Crippen molar-refractivity contribution in [3.63, 3.8) is 0 Å². The van der Waals surface area contributed by atoms with E-state index in [1.807, 2.05) is 6.92 Å². The molecule has 0 fully saturated rings. The second-order valence-corrected chi connectivity index (χ2v) is 8.46. The predicted molar refractivity (Wildman–Crippen MR) is 132 cm³/mol. The Kier molecular flexibility index (Phi) is 9.41. The zero-order valence-corrected chi connectivity index (χ0v) is 21.6. The van der Waals surface area contributed by atoms with E-state index >= 15 is 0 Å². The number of para-hydroxylation sites is 2. The van der Waals surface area contributed by atoms with Crippen LogP contribution in [-0.4, -0.2) is 35.5 Å². The molecule has 14 heteroatoms. The molecule has 0 radical (unpaired) electrons. The van der Waals surface area contributed by atoms with Gasteiger partial charge in [0, 0.05) is 19.7 Å². The van der Waals surface area contributed by atoms with Crippen molar-refractivity contribution >= 4 is 17.6 Å². The lowest BCUT2D eigenvalue weighted by Gasteiger charge is -2.19. The van der Waals surface area contributed by atoms with Gasteiger partial charge in [0.1, 0.15) is 17.3 Å². The molecule has 2 aromatic carbocycles. The van der Waals surface area contributed by atoms with Crippen LogP contribution in [0, 0.1) is 5.82 Å². The van der Waals surface area contributed by atoms with Gasteiger partial charge in [-0.1, -0.05) is 37.1 Å². The Balaban J connectivity index is 2.05. The molecule has 9 nitrogen and oxygen atoms in total. The fourth-order valence-electron chi connectivity index (χ4n) is 3.44. The smallest absolute Gasteiger partial charge is 0.432 e. The Hall–Kier alpha value is -3.84. The minimum Gasteiger partial charge on any atom is -0.461 e. The molecular formula is C25H23ClF4N2O7. The van der Waals surface area contributed by atoms with Gasteiger partial charge in [-0.25, -0.2) is 14.0 Å². The summed E-state index contributed by atoms with van der Waals surface area (Å²) in [6.45, 7) is 2.06. The van der Waals surface area contributed by atoms with Crippen LogP contribution in [0.2, 0.25) is 5.02 Å². The molecule has 3 aromatic rings. The zero-order chi connectivity index (χ0) is 28.9. The number of halogens is 5. The van der Waals surface area contributed by atoms with E-state index < -0.39 is 52.3 Å². The number of esters is 1. The number of hydrogen-bond acceptors (Lipinski definition) is 7. The lowest BCUT2D eigenvalue weighted by molar-refractivity contribution is -0.173. The first-order valence-corrected chi connectivity index (χ1v) is 11.8. The number of aromatic nitrogens is 2. The van der Waals surface area contributed by atoms with Gasteiger partial charge >= 0.3 is 17.8 Å². The average Bonchev–Trinajstić information content (AvgIpc) is 2.86. The first-order chi connectivity index (χ1) is 18.4. The molecule has 0 saturated carbocycles. The van der Waals surface area contributed by atoms with Crippen LogP contribution < -0.4 is 20.7 Å². The van der Waals surface area contributed by atoms with E-state index in [1.165, 1.54) is 31.4 Å². The van der Waals surface area contributed by atoms with Crippen molar-refractivity contribution in [2.75, 3.05) is 13.7 Å². The topological polar surface area (TPSA) is 109 Å². The quantitative estimate of drug-likeness (QED) is 0.156. The maximum Gasteiger partial charge on any atom is 0.432 e. The monoisotopic (exact) mass is 574 g/mol. The molecule has 0 aliphatic rings. The van der Waals surface area contributed by atoms with E-state index in [0.29, 0.717) is 12.5 Å². The summed E-state index contributed by atoms with van der Waals surface area (Å²) in [5.41, 5.74) is -6.45. The van der Waals surface area contributed by atoms with Crippen LogP contribution in [0.3, 0.4) is 0 Å². The average molecular weight is 575 g/mol. The van der Waals surface area contributed by atoms with Crippen molar-refractivity contribution < 1.29 is 41.3 Å². The van der Waals surface area contributed by atoms with Crippen LogP contribution >= 0.6 is 11.6 Å². The minimum atomic E-state index is -5.19. The maximum absolute atomic E-state index is 14.9. The lowest BCUT2D eigenvalue weighted by Crippen LogP contribution is -2.35. The highest BCUT2D eigenvalue weighted by molar-refractivity contribution is 6.32. The molecule has 0 spiro atoms. The molecule has 210 valence electrons. The van der Waals surface area contributed by atoms with Gasteiger partial charge in [0.2, 0.25) is 0 Å². The van der Waals surface area contributed by atoms with Gasteiger partial charge in [-0.3, -0.25) is 14.3 Å². The number of rotatable bonds is 10. The van der Waals surface area contributed by atoms with Gasteiger partial charge < -0.3 is 18.9 Å². The number of aromatic amines is 1. The van der Waals surface area contributed by atoms with Crippen molar-refractivity contribution in [2.24, 2.45) is 7.05 Å². The van der Waals surface area contributed by atoms with Crippen molar-refractivity contribution in [2.45, 2.75) is 32.2 Å². The molecule has 1 heterocycles. The SMILES string of the molecule is CCCCOC(=O)C(OC)Oc1ccccc1Oc1cc(-c2c(C(F)(F)F)n(C)c(=O)[nH]c2=O)c(F)cc1Cl. The van der Waals surface area contributed by atoms with E-state index in [-0.39, 0.29) is 33.4 Å². The Labute approximate surface area is 223 Å². The number of unbranched alkanes of at least 4 members (excludes halogenated alkanes) is 1. The van der Waals surface area contributed by atoms with Crippen LogP contribution in [-0.2, 0) is 27.5 Å². The predicted octanol–water partition coefficient (Wildman–Crippen LogP) is 5.04. The lowest BCUT2D eigenvalue weighted by atomic mass is 10.0. The molecule has 0 saturated heterocycles. The maximum atomic E-state index is 14.9. The highest BCUT2D eigenvalue weighted by Crippen LogP contribution is 2.41. The minimum absolute atomic E-state index is 0.0466. The van der Waals surface area contributed by atoms with E-state index in [2.05, 4.69) is 0 Å². The van der Waals surface area contributed by atoms with Crippen molar-refractivity contribution in [3.8, 4) is 28.4 Å². The molecule has 1 aromatic heterocycles. The van der Waals surface area contributed by atoms with Gasteiger partial charge in [0.25, 0.3) is 11.8 Å². The summed E-state index contributed by atoms with van der Waals surface area (Å²) in [6.07, 6.45) is -5.25. The third kappa shape index (κ3) is 6.79. The summed E-state index contributed by atoms with van der Waals surface area (Å²) >= 11 is 6.10. The number of ether oxygens (including phenoxy) is 4. The van der Waals surface area contributed by atoms with E-state index in [9.17, 15) is 31.9 Å². The second-order valence-electron chi connectivity index (χ2n) is 8.06. The summed E-state index contributed by atoms with van der Waals surface area (Å²) in [6, 6.07) is 7.27. The number of nitrogens with zero attached hydrogens (tertiary/aromatic N) is 1. The number of H-pyrrole nitrogens is 1. The largest absolute Gasteiger partial charge is 0.461 e. The van der Waals surface area contributed by atoms with Gasteiger partial charge in [-0.2, -0.15) is 13.2 Å². The fraction of sp³-hybridized carbons (Fsp3) is 0.320. The number of carbonyl (C=O) groups excluding carboxylic acids is 1. The van der Waals surface area contributed by atoms with Crippen molar-refractivity contribution in [1.82, 2.24) is 9.55 Å². The molecule has 39 heavy (non-hydrogen) atoms. The normalized spacial score (nSPS) is 12.2. The Morgan fingerprint density at radius 2 is 1.79 bits per heavy atom. The molecule has 1 unspecified atom stereocenters. The molecule has 3 rings (SSSR count). The second kappa shape index (κ2) is 12.3. The third-order valence-electron chi connectivity index (χ3n) is 5.34. The number of nitrogens with one attached hydrogen (secondary N) is 1. The number of alkyl halides is 3. The third-order valence-corrected chi connectivity index (χ3v) is 5.63. The van der Waals surface area contributed by atoms with Gasteiger partial charge in [-0.05, 0) is 30.7 Å². The molecular weight excluding hydrogens is 552 g/mol. The van der Waals surface area contributed by atoms with Gasteiger partial charge in [0.05, 0.1) is 17.2 Å². The standard InChI is InChI=1S/C25H23ClF4N2O7/c1-4-5-10-37-22(34)23(36-3)39-17-9-7-6-8-16(17)38-18-11-13(15(27)12-14(18)26)19-20(25(28,29)30)32(2)24(35)31-21(19)33/h6-9,11-12,23H,4-5,10H2,1-3H3,(H,31,33,35). The number of benzene rings is 2. The number of hydrogen-bond donors (Lipinski definition) is 1. The number of carbonyl (C=O) groups is 1. The summed E-state index contributed by atoms with van der Waals surface area (Å²) < 4.78 is 78.0. The summed E-state index contributed by atoms with van der Waals surface area (Å²) in [4.78, 5) is 38.3. The fourth-order valence-corrected chi connectivity index (χ4v) is 3.63. The Bertz CT molecular complexity index is 1470. The summed E-state index contributed by atoms with van der Waals surface area (Å²) in [5.74, 6) is -2.57. The Morgan fingerprint density at radius 3 is 2.41 bits per heavy atom. The van der Waals surface area contributed by atoms with Gasteiger partial charge in [0.15, 0.2) is 11.5 Å². The van der Waals surface area contributed by atoms with Crippen LogP contribution in [0.4, 0.5) is 17.6 Å². The molecule has 0 amide bonds. The van der Waals surface area contributed by atoms with E-state index in [1.54, 1.807) is 4.98 Å². The molecule has 0 aliphatic carbocycles. The summed E-state index contributed by atoms with van der Waals surface area (Å²) in [5, 5.41) is -0.358. The van der Waals surface area contributed by atoms with Crippen molar-refractivity contribution in [3.05, 3.63) is 73.8 Å². The first-order valence-electron chi connectivity index (χ1n) is 11.4. The molecule has 0 aliphatic heterocycles. The van der Waals surface area contributed by atoms with Crippen LogP contribution in [0.1, 0.15) is 25.5 Å².